The molecule has 0 bridgehead atoms. The molecule has 1 aromatic rings. The van der Waals surface area contributed by atoms with Gasteiger partial charge >= 0.3 is 18.0 Å². The monoisotopic (exact) mass is 426 g/mol. The zero-order valence-corrected chi connectivity index (χ0v) is 17.2. The molecule has 1 aliphatic rings. The Balaban J connectivity index is 2.00. The zero-order chi connectivity index (χ0) is 21.3. The van der Waals surface area contributed by atoms with Gasteiger partial charge < -0.3 is 25.0 Å². The average Bonchev–Trinajstić information content (AvgIpc) is 3.20. The maximum absolute atomic E-state index is 12.8. The second kappa shape index (κ2) is 11.1. The lowest BCUT2D eigenvalue weighted by Gasteiger charge is -2.23. The Hall–Kier alpha value is -2.22. The van der Waals surface area contributed by atoms with Gasteiger partial charge in [0.2, 0.25) is 7.37 Å². The van der Waals surface area contributed by atoms with Crippen LogP contribution < -0.4 is 10.6 Å². The van der Waals surface area contributed by atoms with E-state index < -0.39 is 43.4 Å². The van der Waals surface area contributed by atoms with Gasteiger partial charge in [-0.3, -0.25) is 9.36 Å². The third-order valence-corrected chi connectivity index (χ3v) is 6.58. The molecule has 160 valence electrons. The molecule has 3 N–H and O–H groups in total. The lowest BCUT2D eigenvalue weighted by atomic mass is 10.1. The normalized spacial score (nSPS) is 19.0. The topological polar surface area (TPSA) is 131 Å². The van der Waals surface area contributed by atoms with Gasteiger partial charge in [0, 0.05) is 0 Å². The molecule has 1 amide bonds. The number of hydrogen-bond donors (Lipinski definition) is 3. The number of carbonyl (C=O) groups is 3. The summed E-state index contributed by atoms with van der Waals surface area (Å²) in [5, 5.41) is 5.26. The number of ether oxygens (including phenoxy) is 2. The Morgan fingerprint density at radius 3 is 2.66 bits per heavy atom. The van der Waals surface area contributed by atoms with E-state index in [0.717, 1.165) is 12.0 Å². The molecule has 0 aliphatic carbocycles. The third-order valence-electron chi connectivity index (χ3n) is 4.51. The van der Waals surface area contributed by atoms with Gasteiger partial charge in [-0.25, -0.2) is 9.59 Å². The first-order valence-electron chi connectivity index (χ1n) is 9.58. The fourth-order valence-electron chi connectivity index (χ4n) is 3.03. The highest BCUT2D eigenvalue weighted by Gasteiger charge is 2.37. The van der Waals surface area contributed by atoms with E-state index in [2.05, 4.69) is 10.6 Å². The second-order valence-electron chi connectivity index (χ2n) is 6.76. The zero-order valence-electron chi connectivity index (χ0n) is 16.3. The summed E-state index contributed by atoms with van der Waals surface area (Å²) in [6.45, 7) is 2.35. The van der Waals surface area contributed by atoms with E-state index in [1.165, 1.54) is 0 Å². The molecule has 0 radical (unpaired) electrons. The molecule has 29 heavy (non-hydrogen) atoms. The number of rotatable bonds is 9. The molecule has 0 aromatic heterocycles. The highest BCUT2D eigenvalue weighted by molar-refractivity contribution is 7.59. The van der Waals surface area contributed by atoms with Crippen LogP contribution >= 0.6 is 7.37 Å². The number of carbonyl (C=O) groups excluding carboxylic acids is 3. The number of benzene rings is 1. The Kier molecular flexibility index (Phi) is 8.82. The van der Waals surface area contributed by atoms with Crippen molar-refractivity contribution >= 4 is 25.4 Å². The summed E-state index contributed by atoms with van der Waals surface area (Å²) in [6, 6.07) is 8.64. The number of hydrogen-bond acceptors (Lipinski definition) is 7. The molecule has 9 nitrogen and oxygen atoms in total. The van der Waals surface area contributed by atoms with E-state index in [4.69, 9.17) is 9.47 Å². The van der Waals surface area contributed by atoms with Crippen LogP contribution in [0.25, 0.3) is 0 Å². The molecule has 1 fully saturated rings. The number of amides is 1. The van der Waals surface area contributed by atoms with Crippen LogP contribution in [0.4, 0.5) is 4.79 Å². The lowest BCUT2D eigenvalue weighted by molar-refractivity contribution is -0.159. The van der Waals surface area contributed by atoms with Crippen molar-refractivity contribution in [3.05, 3.63) is 35.9 Å². The summed E-state index contributed by atoms with van der Waals surface area (Å²) in [6.07, 6.45) is 0.131. The Bertz CT molecular complexity index is 750. The predicted octanol–water partition coefficient (Wildman–Crippen LogP) is 1.78. The summed E-state index contributed by atoms with van der Waals surface area (Å²) < 4.78 is 22.4. The summed E-state index contributed by atoms with van der Waals surface area (Å²) in [5.74, 6) is -3.06. The molecule has 2 rings (SSSR count). The van der Waals surface area contributed by atoms with Gasteiger partial charge in [0.25, 0.3) is 0 Å². The minimum atomic E-state index is -4.22. The predicted molar refractivity (Wildman–Crippen MR) is 106 cm³/mol. The third kappa shape index (κ3) is 7.61. The van der Waals surface area contributed by atoms with E-state index >= 15 is 0 Å². The molecule has 1 aromatic carbocycles. The van der Waals surface area contributed by atoms with Crippen molar-refractivity contribution in [3.8, 4) is 0 Å². The van der Waals surface area contributed by atoms with Crippen molar-refractivity contribution in [2.45, 2.75) is 44.4 Å². The maximum Gasteiger partial charge on any atom is 0.407 e. The average molecular weight is 426 g/mol. The molecule has 2 unspecified atom stereocenters. The van der Waals surface area contributed by atoms with E-state index in [-0.39, 0.29) is 13.0 Å². The van der Waals surface area contributed by atoms with Crippen LogP contribution in [0.3, 0.4) is 0 Å². The van der Waals surface area contributed by atoms with Crippen LogP contribution in [0.2, 0.25) is 0 Å². The smallest absolute Gasteiger partial charge is 0.407 e. The largest absolute Gasteiger partial charge is 0.450 e. The molecular weight excluding hydrogens is 399 g/mol. The minimum absolute atomic E-state index is 0.0951. The molecule has 10 heteroatoms. The highest BCUT2D eigenvalue weighted by Crippen LogP contribution is 2.46. The fraction of sp³-hybridized carbons (Fsp3) is 0.526. The Labute approximate surface area is 169 Å². The first-order chi connectivity index (χ1) is 13.8. The molecule has 1 aliphatic heterocycles. The van der Waals surface area contributed by atoms with Gasteiger partial charge in [0.1, 0.15) is 18.0 Å². The van der Waals surface area contributed by atoms with Crippen LogP contribution in [0.1, 0.15) is 31.7 Å². The minimum Gasteiger partial charge on any atom is -0.450 e. The molecule has 3 atom stereocenters. The van der Waals surface area contributed by atoms with Crippen LogP contribution in [0.5, 0.6) is 0 Å². The number of esters is 2. The summed E-state index contributed by atoms with van der Waals surface area (Å²) in [5.41, 5.74) is 0.910. The maximum atomic E-state index is 12.8. The quantitative estimate of drug-likeness (QED) is 0.309. The number of nitrogens with one attached hydrogen (secondary N) is 2. The standard InChI is InChI=1S/C19H27N2O7P/c1-2-27-19(24)21-16(11-10-14-7-4-3-5-8-14)29(25,26)13-17(22)28-18(23)15-9-6-12-20-15/h3-5,7-8,15-16,20H,2,6,9-13H2,1H3,(H,21,24)(H,25,26)/t15-,16?/m0/s1. The van der Waals surface area contributed by atoms with Gasteiger partial charge in [-0.05, 0) is 44.7 Å². The SMILES string of the molecule is CCOC(=O)NC(CCc1ccccc1)P(=O)(O)CC(=O)OC(=O)[C@@H]1CCCN1. The Morgan fingerprint density at radius 2 is 2.03 bits per heavy atom. The van der Waals surface area contributed by atoms with Gasteiger partial charge in [0.05, 0.1) is 6.61 Å². The van der Waals surface area contributed by atoms with Crippen molar-refractivity contribution in [2.75, 3.05) is 19.3 Å². The van der Waals surface area contributed by atoms with E-state index in [9.17, 15) is 23.8 Å². The van der Waals surface area contributed by atoms with Crippen molar-refractivity contribution < 1.29 is 33.3 Å². The number of alkyl carbamates (subject to hydrolysis) is 1. The Morgan fingerprint density at radius 1 is 1.31 bits per heavy atom. The van der Waals surface area contributed by atoms with Gasteiger partial charge in [0.15, 0.2) is 0 Å². The van der Waals surface area contributed by atoms with Gasteiger partial charge in [-0.15, -0.1) is 0 Å². The molecule has 1 heterocycles. The lowest BCUT2D eigenvalue weighted by Crippen LogP contribution is -2.38. The second-order valence-corrected chi connectivity index (χ2v) is 9.21. The molecule has 1 saturated heterocycles. The van der Waals surface area contributed by atoms with Crippen molar-refractivity contribution in [2.24, 2.45) is 0 Å². The van der Waals surface area contributed by atoms with E-state index in [1.54, 1.807) is 6.92 Å². The first-order valence-corrected chi connectivity index (χ1v) is 11.5. The highest BCUT2D eigenvalue weighted by atomic mass is 31.2. The summed E-state index contributed by atoms with van der Waals surface area (Å²) in [4.78, 5) is 46.3. The molecular formula is C19H27N2O7P. The van der Waals surface area contributed by atoms with Crippen molar-refractivity contribution in [1.82, 2.24) is 10.6 Å². The van der Waals surface area contributed by atoms with Crippen molar-refractivity contribution in [1.29, 1.82) is 0 Å². The van der Waals surface area contributed by atoms with Gasteiger partial charge in [-0.1, -0.05) is 30.3 Å². The molecule has 0 saturated carbocycles. The van der Waals surface area contributed by atoms with Crippen LogP contribution in [-0.2, 0) is 30.0 Å². The summed E-state index contributed by atoms with van der Waals surface area (Å²) in [7, 11) is -4.22. The van der Waals surface area contributed by atoms with Gasteiger partial charge in [-0.2, -0.15) is 0 Å². The van der Waals surface area contributed by atoms with E-state index in [1.807, 2.05) is 30.3 Å². The summed E-state index contributed by atoms with van der Waals surface area (Å²) >= 11 is 0. The van der Waals surface area contributed by atoms with Crippen molar-refractivity contribution in [3.63, 3.8) is 0 Å². The van der Waals surface area contributed by atoms with Crippen LogP contribution in [0, 0.1) is 0 Å². The first kappa shape index (κ1) is 23.1. The number of aryl methyl sites for hydroxylation is 1. The van der Waals surface area contributed by atoms with Crippen LogP contribution in [-0.4, -0.2) is 54.1 Å². The molecule has 0 spiro atoms. The van der Waals surface area contributed by atoms with E-state index in [0.29, 0.717) is 19.4 Å². The van der Waals surface area contributed by atoms with Crippen LogP contribution in [0.15, 0.2) is 30.3 Å². The fourth-order valence-corrected chi connectivity index (χ4v) is 4.52.